The van der Waals surface area contributed by atoms with Gasteiger partial charge in [-0.1, -0.05) is 26.7 Å². The standard InChI is InChI=1S/C15H26N2O4/c1-9(2)13(15(20)21)17-12(18)8-10(3)16-14(19)11-6-4-5-7-11/h9-11,13H,4-8H2,1-3H3,(H,16,19)(H,17,18)(H,20,21)/t10?,13-/m1/s1. The SMILES string of the molecule is CC(CC(=O)N[C@@H](C(=O)O)C(C)C)NC(=O)C1CCCC1. The van der Waals surface area contributed by atoms with Crippen LogP contribution in [-0.2, 0) is 14.4 Å². The minimum Gasteiger partial charge on any atom is -0.480 e. The van der Waals surface area contributed by atoms with Crippen molar-refractivity contribution < 1.29 is 19.5 Å². The van der Waals surface area contributed by atoms with E-state index in [0.29, 0.717) is 0 Å². The zero-order chi connectivity index (χ0) is 16.0. The van der Waals surface area contributed by atoms with Crippen LogP contribution in [0.1, 0.15) is 52.9 Å². The Morgan fingerprint density at radius 1 is 1.10 bits per heavy atom. The van der Waals surface area contributed by atoms with Crippen molar-refractivity contribution in [2.24, 2.45) is 11.8 Å². The quantitative estimate of drug-likeness (QED) is 0.660. The molecule has 3 N–H and O–H groups in total. The van der Waals surface area contributed by atoms with E-state index in [1.807, 2.05) is 0 Å². The highest BCUT2D eigenvalue weighted by atomic mass is 16.4. The van der Waals surface area contributed by atoms with Gasteiger partial charge in [0.15, 0.2) is 0 Å². The molecule has 1 aliphatic rings. The Hall–Kier alpha value is -1.59. The van der Waals surface area contributed by atoms with Gasteiger partial charge in [-0.05, 0) is 25.7 Å². The number of rotatable bonds is 7. The van der Waals surface area contributed by atoms with Crippen molar-refractivity contribution in [2.45, 2.75) is 65.0 Å². The van der Waals surface area contributed by atoms with Gasteiger partial charge in [0, 0.05) is 18.4 Å². The molecular formula is C15H26N2O4. The number of amides is 2. The Morgan fingerprint density at radius 3 is 2.14 bits per heavy atom. The lowest BCUT2D eigenvalue weighted by Crippen LogP contribution is -2.47. The summed E-state index contributed by atoms with van der Waals surface area (Å²) in [6, 6.07) is -1.19. The summed E-state index contributed by atoms with van der Waals surface area (Å²) in [5, 5.41) is 14.4. The lowest BCUT2D eigenvalue weighted by molar-refractivity contribution is -0.143. The monoisotopic (exact) mass is 298 g/mol. The molecule has 0 aliphatic heterocycles. The summed E-state index contributed by atoms with van der Waals surface area (Å²) in [7, 11) is 0. The molecular weight excluding hydrogens is 272 g/mol. The fraction of sp³-hybridized carbons (Fsp3) is 0.800. The van der Waals surface area contributed by atoms with Crippen LogP contribution in [0.4, 0.5) is 0 Å². The third-order valence-electron chi connectivity index (χ3n) is 3.86. The molecule has 2 atom stereocenters. The van der Waals surface area contributed by atoms with Crippen molar-refractivity contribution in [1.29, 1.82) is 0 Å². The first kappa shape index (κ1) is 17.5. The van der Waals surface area contributed by atoms with E-state index in [2.05, 4.69) is 10.6 Å². The van der Waals surface area contributed by atoms with Crippen LogP contribution < -0.4 is 10.6 Å². The number of carbonyl (C=O) groups excluding carboxylic acids is 2. The van der Waals surface area contributed by atoms with Crippen molar-refractivity contribution in [1.82, 2.24) is 10.6 Å². The average molecular weight is 298 g/mol. The van der Waals surface area contributed by atoms with Gasteiger partial charge in [0.05, 0.1) is 0 Å². The van der Waals surface area contributed by atoms with E-state index in [9.17, 15) is 14.4 Å². The van der Waals surface area contributed by atoms with Crippen LogP contribution in [0.5, 0.6) is 0 Å². The Balaban J connectivity index is 2.39. The van der Waals surface area contributed by atoms with E-state index in [-0.39, 0.29) is 36.1 Å². The maximum atomic E-state index is 11.9. The Kier molecular flexibility index (Phi) is 6.65. The number of carboxylic acid groups (broad SMARTS) is 1. The normalized spacial score (nSPS) is 18.3. The smallest absolute Gasteiger partial charge is 0.326 e. The maximum Gasteiger partial charge on any atom is 0.326 e. The lowest BCUT2D eigenvalue weighted by Gasteiger charge is -2.20. The summed E-state index contributed by atoms with van der Waals surface area (Å²) >= 11 is 0. The molecule has 21 heavy (non-hydrogen) atoms. The largest absolute Gasteiger partial charge is 0.480 e. The average Bonchev–Trinajstić information content (AvgIpc) is 2.88. The van der Waals surface area contributed by atoms with Crippen LogP contribution in [-0.4, -0.2) is 35.0 Å². The maximum absolute atomic E-state index is 11.9. The molecule has 0 bridgehead atoms. The van der Waals surface area contributed by atoms with Gasteiger partial charge in [0.25, 0.3) is 0 Å². The minimum absolute atomic E-state index is 0.00597. The van der Waals surface area contributed by atoms with Gasteiger partial charge in [0.2, 0.25) is 11.8 Å². The number of carbonyl (C=O) groups is 3. The molecule has 0 aromatic heterocycles. The topological polar surface area (TPSA) is 95.5 Å². The van der Waals surface area contributed by atoms with Gasteiger partial charge in [-0.15, -0.1) is 0 Å². The Labute approximate surface area is 125 Å². The highest BCUT2D eigenvalue weighted by Gasteiger charge is 2.26. The molecule has 2 amide bonds. The summed E-state index contributed by atoms with van der Waals surface area (Å²) in [6.45, 7) is 5.24. The van der Waals surface area contributed by atoms with Gasteiger partial charge < -0.3 is 15.7 Å². The molecule has 120 valence electrons. The lowest BCUT2D eigenvalue weighted by atomic mass is 10.0. The second-order valence-corrected chi connectivity index (χ2v) is 6.22. The molecule has 0 spiro atoms. The van der Waals surface area contributed by atoms with Crippen LogP contribution >= 0.6 is 0 Å². The first-order valence-corrected chi connectivity index (χ1v) is 7.63. The van der Waals surface area contributed by atoms with E-state index in [0.717, 1.165) is 25.7 Å². The highest BCUT2D eigenvalue weighted by molar-refractivity contribution is 5.85. The number of aliphatic carboxylic acids is 1. The summed E-state index contributed by atoms with van der Waals surface area (Å²) in [4.78, 5) is 34.8. The minimum atomic E-state index is -1.04. The van der Waals surface area contributed by atoms with E-state index < -0.39 is 12.0 Å². The molecule has 1 unspecified atom stereocenters. The summed E-state index contributed by atoms with van der Waals surface area (Å²) in [5.74, 6) is -1.50. The van der Waals surface area contributed by atoms with Crippen LogP contribution in [0.25, 0.3) is 0 Å². The zero-order valence-electron chi connectivity index (χ0n) is 13.0. The second kappa shape index (κ2) is 8.00. The number of carboxylic acids is 1. The van der Waals surface area contributed by atoms with Crippen molar-refractivity contribution in [3.63, 3.8) is 0 Å². The molecule has 0 saturated heterocycles. The number of hydrogen-bond donors (Lipinski definition) is 3. The van der Waals surface area contributed by atoms with Crippen molar-refractivity contribution in [3.8, 4) is 0 Å². The second-order valence-electron chi connectivity index (χ2n) is 6.22. The van der Waals surface area contributed by atoms with Crippen molar-refractivity contribution in [2.75, 3.05) is 0 Å². The van der Waals surface area contributed by atoms with E-state index in [4.69, 9.17) is 5.11 Å². The van der Waals surface area contributed by atoms with Gasteiger partial charge in [-0.25, -0.2) is 4.79 Å². The molecule has 6 heteroatoms. The van der Waals surface area contributed by atoms with Gasteiger partial charge in [0.1, 0.15) is 6.04 Å². The molecule has 0 aromatic rings. The fourth-order valence-electron chi connectivity index (χ4n) is 2.62. The summed E-state index contributed by atoms with van der Waals surface area (Å²) in [5.41, 5.74) is 0. The molecule has 1 saturated carbocycles. The fourth-order valence-corrected chi connectivity index (χ4v) is 2.62. The van der Waals surface area contributed by atoms with Crippen molar-refractivity contribution >= 4 is 17.8 Å². The van der Waals surface area contributed by atoms with Gasteiger partial charge in [-0.2, -0.15) is 0 Å². The van der Waals surface area contributed by atoms with Crippen LogP contribution in [0.2, 0.25) is 0 Å². The zero-order valence-corrected chi connectivity index (χ0v) is 13.0. The predicted octanol–water partition coefficient (Wildman–Crippen LogP) is 1.30. The molecule has 0 radical (unpaired) electrons. The third-order valence-corrected chi connectivity index (χ3v) is 3.86. The van der Waals surface area contributed by atoms with E-state index in [1.54, 1.807) is 20.8 Å². The van der Waals surface area contributed by atoms with Crippen LogP contribution in [0.3, 0.4) is 0 Å². The first-order valence-electron chi connectivity index (χ1n) is 7.63. The Morgan fingerprint density at radius 2 is 1.67 bits per heavy atom. The molecule has 6 nitrogen and oxygen atoms in total. The third kappa shape index (κ3) is 5.73. The molecule has 0 heterocycles. The van der Waals surface area contributed by atoms with E-state index >= 15 is 0 Å². The number of nitrogens with one attached hydrogen (secondary N) is 2. The van der Waals surface area contributed by atoms with Crippen LogP contribution in [0.15, 0.2) is 0 Å². The van der Waals surface area contributed by atoms with E-state index in [1.165, 1.54) is 0 Å². The molecule has 1 rings (SSSR count). The van der Waals surface area contributed by atoms with Gasteiger partial charge in [-0.3, -0.25) is 9.59 Å². The van der Waals surface area contributed by atoms with Crippen molar-refractivity contribution in [3.05, 3.63) is 0 Å². The summed E-state index contributed by atoms with van der Waals surface area (Å²) in [6.07, 6.45) is 4.09. The predicted molar refractivity (Wildman–Crippen MR) is 78.6 cm³/mol. The van der Waals surface area contributed by atoms with Crippen LogP contribution in [0, 0.1) is 11.8 Å². The summed E-state index contributed by atoms with van der Waals surface area (Å²) < 4.78 is 0. The number of hydrogen-bond acceptors (Lipinski definition) is 3. The highest BCUT2D eigenvalue weighted by Crippen LogP contribution is 2.24. The van der Waals surface area contributed by atoms with Gasteiger partial charge >= 0.3 is 5.97 Å². The Bertz CT molecular complexity index is 389. The molecule has 1 fully saturated rings. The molecule has 1 aliphatic carbocycles. The first-order chi connectivity index (χ1) is 9.81. The molecule has 0 aromatic carbocycles.